The van der Waals surface area contributed by atoms with Crippen molar-refractivity contribution >= 4 is 29.3 Å². The van der Waals surface area contributed by atoms with Gasteiger partial charge in [-0.15, -0.1) is 0 Å². The molecule has 4 rings (SSSR count). The molecule has 9 heteroatoms. The Labute approximate surface area is 202 Å². The summed E-state index contributed by atoms with van der Waals surface area (Å²) in [5.41, 5.74) is 16.4. The SMILES string of the molecule is CN1CCc2ccc(C(=O)O)cc2C1c1ccc(C(N)=O)cc1CNC(=O)Nc1ccc(N)cc1. The van der Waals surface area contributed by atoms with E-state index in [0.717, 1.165) is 29.7 Å². The van der Waals surface area contributed by atoms with Crippen LogP contribution in [0.2, 0.25) is 0 Å². The Kier molecular flexibility index (Phi) is 6.70. The van der Waals surface area contributed by atoms with Crippen molar-refractivity contribution in [3.05, 3.63) is 94.0 Å². The number of hydrogen-bond acceptors (Lipinski definition) is 5. The molecule has 1 aliphatic rings. The monoisotopic (exact) mass is 473 g/mol. The van der Waals surface area contributed by atoms with Crippen molar-refractivity contribution in [2.45, 2.75) is 19.0 Å². The summed E-state index contributed by atoms with van der Waals surface area (Å²) in [5, 5.41) is 15.1. The Hall–Kier alpha value is -4.37. The van der Waals surface area contributed by atoms with E-state index in [2.05, 4.69) is 15.5 Å². The molecule has 0 aromatic heterocycles. The molecule has 0 aliphatic carbocycles. The van der Waals surface area contributed by atoms with Crippen molar-refractivity contribution in [2.24, 2.45) is 5.73 Å². The predicted molar refractivity (Wildman–Crippen MR) is 133 cm³/mol. The number of amides is 3. The molecule has 1 unspecified atom stereocenters. The number of carbonyl (C=O) groups is 3. The molecule has 3 aromatic rings. The van der Waals surface area contributed by atoms with E-state index in [1.807, 2.05) is 19.2 Å². The Balaban J connectivity index is 1.66. The fraction of sp³-hybridized carbons (Fsp3) is 0.192. The maximum absolute atomic E-state index is 12.5. The van der Waals surface area contributed by atoms with Crippen LogP contribution in [-0.2, 0) is 13.0 Å². The van der Waals surface area contributed by atoms with Gasteiger partial charge < -0.3 is 27.2 Å². The maximum atomic E-state index is 12.5. The van der Waals surface area contributed by atoms with Crippen LogP contribution < -0.4 is 22.1 Å². The van der Waals surface area contributed by atoms with Crippen LogP contribution in [0.3, 0.4) is 0 Å². The van der Waals surface area contributed by atoms with E-state index in [-0.39, 0.29) is 18.2 Å². The van der Waals surface area contributed by atoms with Gasteiger partial charge in [0, 0.05) is 30.0 Å². The summed E-state index contributed by atoms with van der Waals surface area (Å²) >= 11 is 0. The Morgan fingerprint density at radius 1 is 1.00 bits per heavy atom. The van der Waals surface area contributed by atoms with Gasteiger partial charge in [0.1, 0.15) is 0 Å². The predicted octanol–water partition coefficient (Wildman–Crippen LogP) is 2.96. The highest BCUT2D eigenvalue weighted by Crippen LogP contribution is 2.36. The fourth-order valence-electron chi connectivity index (χ4n) is 4.37. The number of rotatable bonds is 6. The van der Waals surface area contributed by atoms with Crippen LogP contribution in [0.25, 0.3) is 0 Å². The number of fused-ring (bicyclic) bond motifs is 1. The molecule has 0 saturated carbocycles. The van der Waals surface area contributed by atoms with Gasteiger partial charge in [0.25, 0.3) is 0 Å². The molecule has 0 bridgehead atoms. The van der Waals surface area contributed by atoms with Crippen LogP contribution in [0.15, 0.2) is 60.7 Å². The van der Waals surface area contributed by atoms with Crippen molar-refractivity contribution in [3.8, 4) is 0 Å². The molecule has 0 fully saturated rings. The van der Waals surface area contributed by atoms with Gasteiger partial charge in [-0.1, -0.05) is 12.1 Å². The molecule has 0 radical (unpaired) electrons. The van der Waals surface area contributed by atoms with E-state index in [0.29, 0.717) is 22.5 Å². The Bertz CT molecular complexity index is 1290. The minimum absolute atomic E-state index is 0.134. The van der Waals surface area contributed by atoms with Crippen LogP contribution in [0.4, 0.5) is 16.2 Å². The van der Waals surface area contributed by atoms with E-state index >= 15 is 0 Å². The first-order chi connectivity index (χ1) is 16.7. The van der Waals surface area contributed by atoms with E-state index < -0.39 is 17.9 Å². The lowest BCUT2D eigenvalue weighted by molar-refractivity contribution is 0.0696. The number of nitrogens with two attached hydrogens (primary N) is 2. The van der Waals surface area contributed by atoms with E-state index in [1.165, 1.54) is 0 Å². The molecule has 3 aromatic carbocycles. The Morgan fingerprint density at radius 2 is 1.71 bits per heavy atom. The zero-order chi connectivity index (χ0) is 25.1. The van der Waals surface area contributed by atoms with Crippen molar-refractivity contribution in [2.75, 3.05) is 24.6 Å². The molecule has 0 spiro atoms. The minimum atomic E-state index is -0.995. The summed E-state index contributed by atoms with van der Waals surface area (Å²) < 4.78 is 0. The largest absolute Gasteiger partial charge is 0.478 e. The summed E-state index contributed by atoms with van der Waals surface area (Å²) in [6.45, 7) is 0.904. The zero-order valence-corrected chi connectivity index (χ0v) is 19.2. The number of nitrogens with one attached hydrogen (secondary N) is 2. The highest BCUT2D eigenvalue weighted by Gasteiger charge is 2.29. The van der Waals surface area contributed by atoms with Gasteiger partial charge >= 0.3 is 12.0 Å². The van der Waals surface area contributed by atoms with Gasteiger partial charge in [-0.3, -0.25) is 9.69 Å². The van der Waals surface area contributed by atoms with Gasteiger partial charge in [0.15, 0.2) is 0 Å². The summed E-state index contributed by atoms with van der Waals surface area (Å²) in [4.78, 5) is 38.2. The average molecular weight is 474 g/mol. The molecule has 7 N–H and O–H groups in total. The van der Waals surface area contributed by atoms with Crippen LogP contribution in [0, 0.1) is 0 Å². The molecule has 1 heterocycles. The van der Waals surface area contributed by atoms with E-state index in [4.69, 9.17) is 11.5 Å². The molecule has 180 valence electrons. The van der Waals surface area contributed by atoms with E-state index in [1.54, 1.807) is 48.5 Å². The molecule has 3 amide bonds. The fourth-order valence-corrected chi connectivity index (χ4v) is 4.37. The molecular weight excluding hydrogens is 446 g/mol. The molecule has 9 nitrogen and oxygen atoms in total. The number of likely N-dealkylation sites (N-methyl/N-ethyl adjacent to an activating group) is 1. The van der Waals surface area contributed by atoms with Crippen LogP contribution >= 0.6 is 0 Å². The van der Waals surface area contributed by atoms with Crippen molar-refractivity contribution < 1.29 is 19.5 Å². The minimum Gasteiger partial charge on any atom is -0.478 e. The third kappa shape index (κ3) is 5.25. The van der Waals surface area contributed by atoms with Gasteiger partial charge in [0.05, 0.1) is 11.6 Å². The van der Waals surface area contributed by atoms with Crippen LogP contribution in [0.1, 0.15) is 49.0 Å². The molecule has 1 aliphatic heterocycles. The number of hydrogen-bond donors (Lipinski definition) is 5. The van der Waals surface area contributed by atoms with Crippen molar-refractivity contribution in [1.82, 2.24) is 10.2 Å². The van der Waals surface area contributed by atoms with Crippen LogP contribution in [-0.4, -0.2) is 41.5 Å². The second-order valence-corrected chi connectivity index (χ2v) is 8.56. The average Bonchev–Trinajstić information content (AvgIpc) is 2.83. The number of anilines is 2. The number of benzene rings is 3. The number of carbonyl (C=O) groups excluding carboxylic acids is 2. The molecule has 0 saturated heterocycles. The zero-order valence-electron chi connectivity index (χ0n) is 19.2. The highest BCUT2D eigenvalue weighted by molar-refractivity contribution is 5.93. The second-order valence-electron chi connectivity index (χ2n) is 8.56. The normalized spacial score (nSPS) is 15.2. The van der Waals surface area contributed by atoms with Gasteiger partial charge in [0.2, 0.25) is 5.91 Å². The lowest BCUT2D eigenvalue weighted by atomic mass is 9.85. The number of primary amides is 1. The van der Waals surface area contributed by atoms with Gasteiger partial charge in [-0.05, 0) is 84.3 Å². The van der Waals surface area contributed by atoms with Gasteiger partial charge in [-0.25, -0.2) is 9.59 Å². The third-order valence-corrected chi connectivity index (χ3v) is 6.19. The highest BCUT2D eigenvalue weighted by atomic mass is 16.4. The third-order valence-electron chi connectivity index (χ3n) is 6.19. The van der Waals surface area contributed by atoms with Crippen molar-refractivity contribution in [1.29, 1.82) is 0 Å². The summed E-state index contributed by atoms with van der Waals surface area (Å²) in [7, 11) is 1.97. The van der Waals surface area contributed by atoms with Crippen LogP contribution in [0.5, 0.6) is 0 Å². The first kappa shape index (κ1) is 23.8. The quantitative estimate of drug-likeness (QED) is 0.347. The summed E-state index contributed by atoms with van der Waals surface area (Å²) in [5.74, 6) is -1.57. The lowest BCUT2D eigenvalue weighted by Gasteiger charge is -2.36. The number of urea groups is 1. The number of aromatic carboxylic acids is 1. The molecular formula is C26H27N5O4. The maximum Gasteiger partial charge on any atom is 0.335 e. The van der Waals surface area contributed by atoms with Gasteiger partial charge in [-0.2, -0.15) is 0 Å². The van der Waals surface area contributed by atoms with Crippen molar-refractivity contribution in [3.63, 3.8) is 0 Å². The lowest BCUT2D eigenvalue weighted by Crippen LogP contribution is -2.35. The van der Waals surface area contributed by atoms with E-state index in [9.17, 15) is 19.5 Å². The second kappa shape index (κ2) is 9.86. The first-order valence-corrected chi connectivity index (χ1v) is 11.1. The Morgan fingerprint density at radius 3 is 2.40 bits per heavy atom. The summed E-state index contributed by atoms with van der Waals surface area (Å²) in [6, 6.07) is 16.4. The number of carboxylic acids is 1. The standard InChI is InChI=1S/C26H27N5O4/c1-31-11-10-15-2-3-17(25(33)34)13-22(15)23(31)21-9-4-16(24(28)32)12-18(21)14-29-26(35)30-20-7-5-19(27)6-8-20/h2-9,12-13,23H,10-11,14,27H2,1H3,(H2,28,32)(H,33,34)(H2,29,30,35). The topological polar surface area (TPSA) is 151 Å². The number of nitrogen functional groups attached to an aromatic ring is 1. The number of nitrogens with zero attached hydrogens (tertiary/aromatic N) is 1. The molecule has 1 atom stereocenters. The summed E-state index contributed by atoms with van der Waals surface area (Å²) in [6.07, 6.45) is 0.791. The smallest absolute Gasteiger partial charge is 0.335 e. The first-order valence-electron chi connectivity index (χ1n) is 11.1. The number of carboxylic acid groups (broad SMARTS) is 1. The molecule has 35 heavy (non-hydrogen) atoms.